The van der Waals surface area contributed by atoms with E-state index in [9.17, 15) is 0 Å². The highest BCUT2D eigenvalue weighted by atomic mass is 16.5. The van der Waals surface area contributed by atoms with Crippen LogP contribution < -0.4 is 4.74 Å². The van der Waals surface area contributed by atoms with Crippen LogP contribution in [0.25, 0.3) is 11.1 Å². The first-order valence-corrected chi connectivity index (χ1v) is 5.94. The van der Waals surface area contributed by atoms with Crippen molar-refractivity contribution < 1.29 is 4.74 Å². The van der Waals surface area contributed by atoms with Crippen LogP contribution in [0.15, 0.2) is 36.4 Å². The molecule has 85 valence electrons. The van der Waals surface area contributed by atoms with E-state index in [1.54, 1.807) is 0 Å². The zero-order valence-electron chi connectivity index (χ0n) is 10.2. The molecule has 0 aromatic heterocycles. The molecule has 0 aliphatic carbocycles. The molecule has 0 saturated heterocycles. The van der Waals surface area contributed by atoms with Crippen LogP contribution in [0.5, 0.6) is 5.75 Å². The van der Waals surface area contributed by atoms with E-state index in [0.717, 1.165) is 12.2 Å². The van der Waals surface area contributed by atoms with Crippen molar-refractivity contribution in [2.75, 3.05) is 0 Å². The third-order valence-corrected chi connectivity index (χ3v) is 3.38. The summed E-state index contributed by atoms with van der Waals surface area (Å²) in [5.41, 5.74) is 6.62. The van der Waals surface area contributed by atoms with Gasteiger partial charge in [-0.1, -0.05) is 30.3 Å². The summed E-state index contributed by atoms with van der Waals surface area (Å²) in [6.07, 6.45) is 0.902. The molecule has 0 saturated carbocycles. The number of benzene rings is 2. The predicted molar refractivity (Wildman–Crippen MR) is 70.0 cm³/mol. The molecule has 0 amide bonds. The Balaban J connectivity index is 2.26. The molecule has 1 heteroatoms. The zero-order valence-corrected chi connectivity index (χ0v) is 10.2. The van der Waals surface area contributed by atoms with Gasteiger partial charge >= 0.3 is 0 Å². The fourth-order valence-electron chi connectivity index (χ4n) is 2.57. The summed E-state index contributed by atoms with van der Waals surface area (Å²) >= 11 is 0. The maximum Gasteiger partial charge on any atom is 0.140 e. The number of fused-ring (bicyclic) bond motifs is 1. The Morgan fingerprint density at radius 1 is 0.941 bits per heavy atom. The molecule has 1 radical (unpaired) electrons. The van der Waals surface area contributed by atoms with Crippen molar-refractivity contribution >= 4 is 0 Å². The molecule has 0 unspecified atom stereocenters. The van der Waals surface area contributed by atoms with E-state index in [0.29, 0.717) is 0 Å². The summed E-state index contributed by atoms with van der Waals surface area (Å²) in [5, 5.41) is 0. The number of aryl methyl sites for hydroxylation is 2. The second-order valence-corrected chi connectivity index (χ2v) is 4.54. The molecule has 3 rings (SSSR count). The summed E-state index contributed by atoms with van der Waals surface area (Å²) in [4.78, 5) is 0. The lowest BCUT2D eigenvalue weighted by Gasteiger charge is -2.13. The van der Waals surface area contributed by atoms with Crippen LogP contribution in [0.4, 0.5) is 0 Å². The van der Waals surface area contributed by atoms with Crippen molar-refractivity contribution in [2.45, 2.75) is 20.3 Å². The van der Waals surface area contributed by atoms with Crippen LogP contribution in [0.3, 0.4) is 0 Å². The van der Waals surface area contributed by atoms with Crippen molar-refractivity contribution in [3.8, 4) is 16.9 Å². The quantitative estimate of drug-likeness (QED) is 0.708. The van der Waals surface area contributed by atoms with E-state index in [4.69, 9.17) is 4.74 Å². The van der Waals surface area contributed by atoms with Gasteiger partial charge in [-0.05, 0) is 42.2 Å². The van der Waals surface area contributed by atoms with E-state index in [-0.39, 0.29) is 0 Å². The lowest BCUT2D eigenvalue weighted by Crippen LogP contribution is -1.91. The Morgan fingerprint density at radius 2 is 1.65 bits per heavy atom. The van der Waals surface area contributed by atoms with Gasteiger partial charge in [0.05, 0.1) is 0 Å². The Hall–Kier alpha value is -1.76. The maximum atomic E-state index is 5.52. The normalized spacial score (nSPS) is 13.3. The molecule has 2 aromatic rings. The lowest BCUT2D eigenvalue weighted by atomic mass is 9.91. The number of ether oxygens (including phenoxy) is 1. The Kier molecular flexibility index (Phi) is 2.40. The van der Waals surface area contributed by atoms with Gasteiger partial charge in [-0.3, -0.25) is 0 Å². The van der Waals surface area contributed by atoms with Crippen LogP contribution in [0.1, 0.15) is 16.7 Å². The highest BCUT2D eigenvalue weighted by Crippen LogP contribution is 2.38. The molecule has 0 bridgehead atoms. The first-order chi connectivity index (χ1) is 8.27. The van der Waals surface area contributed by atoms with Gasteiger partial charge in [0.2, 0.25) is 0 Å². The molecule has 1 heterocycles. The van der Waals surface area contributed by atoms with Crippen LogP contribution in [0, 0.1) is 20.5 Å². The summed E-state index contributed by atoms with van der Waals surface area (Å²) < 4.78 is 5.52. The maximum absolute atomic E-state index is 5.52. The van der Waals surface area contributed by atoms with Crippen molar-refractivity contribution in [1.82, 2.24) is 0 Å². The minimum absolute atomic E-state index is 0.902. The fourth-order valence-corrected chi connectivity index (χ4v) is 2.57. The number of rotatable bonds is 1. The molecule has 0 spiro atoms. The van der Waals surface area contributed by atoms with Gasteiger partial charge < -0.3 is 4.74 Å². The van der Waals surface area contributed by atoms with Crippen LogP contribution in [-0.2, 0) is 6.42 Å². The Morgan fingerprint density at radius 3 is 2.41 bits per heavy atom. The standard InChI is InChI=1S/C16H15O/c1-11-5-3-6-12(2)16(11)14-7-4-8-15-13(14)9-10-17-15/h3-8,10H,9H2,1-2H3. The van der Waals surface area contributed by atoms with Crippen molar-refractivity contribution in [3.63, 3.8) is 0 Å². The van der Waals surface area contributed by atoms with Crippen molar-refractivity contribution in [2.24, 2.45) is 0 Å². The smallest absolute Gasteiger partial charge is 0.140 e. The second kappa shape index (κ2) is 3.92. The van der Waals surface area contributed by atoms with Gasteiger partial charge in [-0.25, -0.2) is 0 Å². The molecular weight excluding hydrogens is 208 g/mol. The van der Waals surface area contributed by atoms with Crippen LogP contribution in [0.2, 0.25) is 0 Å². The molecule has 2 aromatic carbocycles. The van der Waals surface area contributed by atoms with E-state index in [1.807, 2.05) is 12.7 Å². The molecule has 0 N–H and O–H groups in total. The summed E-state index contributed by atoms with van der Waals surface area (Å²) in [7, 11) is 0. The SMILES string of the molecule is Cc1cccc(C)c1-c1cccc2c1C[CH]O2. The van der Waals surface area contributed by atoms with E-state index >= 15 is 0 Å². The van der Waals surface area contributed by atoms with Gasteiger partial charge in [0.15, 0.2) is 0 Å². The fraction of sp³-hybridized carbons (Fsp3) is 0.188. The second-order valence-electron chi connectivity index (χ2n) is 4.54. The largest absolute Gasteiger partial charge is 0.486 e. The summed E-state index contributed by atoms with van der Waals surface area (Å²) in [6.45, 7) is 6.21. The molecule has 1 aliphatic rings. The molecule has 0 fully saturated rings. The minimum atomic E-state index is 0.902. The van der Waals surface area contributed by atoms with Gasteiger partial charge in [-0.15, -0.1) is 0 Å². The summed E-state index contributed by atoms with van der Waals surface area (Å²) in [6, 6.07) is 12.7. The summed E-state index contributed by atoms with van der Waals surface area (Å²) in [5.74, 6) is 1.00. The van der Waals surface area contributed by atoms with Crippen molar-refractivity contribution in [3.05, 3.63) is 59.7 Å². The highest BCUT2D eigenvalue weighted by Gasteiger charge is 2.18. The zero-order chi connectivity index (χ0) is 11.8. The first kappa shape index (κ1) is 10.4. The third-order valence-electron chi connectivity index (χ3n) is 3.38. The first-order valence-electron chi connectivity index (χ1n) is 5.94. The van der Waals surface area contributed by atoms with Gasteiger partial charge in [0.25, 0.3) is 0 Å². The average molecular weight is 223 g/mol. The van der Waals surface area contributed by atoms with Crippen LogP contribution in [-0.4, -0.2) is 0 Å². The van der Waals surface area contributed by atoms with Gasteiger partial charge in [-0.2, -0.15) is 0 Å². The minimum Gasteiger partial charge on any atom is -0.486 e. The predicted octanol–water partition coefficient (Wildman–Crippen LogP) is 4.07. The Bertz CT molecular complexity index is 549. The average Bonchev–Trinajstić information content (AvgIpc) is 2.77. The van der Waals surface area contributed by atoms with E-state index in [2.05, 4.69) is 44.2 Å². The number of hydrogen-bond donors (Lipinski definition) is 0. The van der Waals surface area contributed by atoms with Crippen LogP contribution >= 0.6 is 0 Å². The van der Waals surface area contributed by atoms with E-state index in [1.165, 1.54) is 27.8 Å². The molecule has 1 nitrogen and oxygen atoms in total. The van der Waals surface area contributed by atoms with Gasteiger partial charge in [0, 0.05) is 12.0 Å². The molecule has 17 heavy (non-hydrogen) atoms. The monoisotopic (exact) mass is 223 g/mol. The molecule has 1 aliphatic heterocycles. The Labute approximate surface area is 102 Å². The highest BCUT2D eigenvalue weighted by molar-refractivity contribution is 5.76. The lowest BCUT2D eigenvalue weighted by molar-refractivity contribution is 0.435. The third kappa shape index (κ3) is 1.62. The molecular formula is C16H15O. The van der Waals surface area contributed by atoms with Gasteiger partial charge in [0.1, 0.15) is 12.4 Å². The molecule has 0 atom stereocenters. The van der Waals surface area contributed by atoms with E-state index < -0.39 is 0 Å². The van der Waals surface area contributed by atoms with Crippen molar-refractivity contribution in [1.29, 1.82) is 0 Å². The number of hydrogen-bond acceptors (Lipinski definition) is 1. The topological polar surface area (TPSA) is 9.23 Å².